The third-order valence-corrected chi connectivity index (χ3v) is 4.26. The Morgan fingerprint density at radius 1 is 1.45 bits per heavy atom. The number of amides is 1. The molecule has 0 aliphatic carbocycles. The third-order valence-electron chi connectivity index (χ3n) is 3.34. The maximum atomic E-state index is 12.4. The minimum Gasteiger partial charge on any atom is -0.375 e. The van der Waals surface area contributed by atoms with Gasteiger partial charge < -0.3 is 9.64 Å². The number of morpholine rings is 1. The van der Waals surface area contributed by atoms with Gasteiger partial charge in [0.25, 0.3) is 0 Å². The number of hydrogen-bond donors (Lipinski definition) is 0. The summed E-state index contributed by atoms with van der Waals surface area (Å²) in [5.41, 5.74) is -0.793. The molecule has 1 fully saturated rings. The van der Waals surface area contributed by atoms with E-state index in [2.05, 4.69) is 4.98 Å². The molecular weight excluding hydrogens is 317 g/mol. The van der Waals surface area contributed by atoms with Gasteiger partial charge in [0.15, 0.2) is 0 Å². The van der Waals surface area contributed by atoms with Crippen molar-refractivity contribution in [2.24, 2.45) is 0 Å². The highest BCUT2D eigenvalue weighted by atomic mass is 32.2. The average Bonchev–Trinajstić information content (AvgIpc) is 2.47. The molecule has 2 unspecified atom stereocenters. The lowest BCUT2D eigenvalue weighted by Crippen LogP contribution is -2.50. The molecule has 22 heavy (non-hydrogen) atoms. The monoisotopic (exact) mass is 334 g/mol. The molecule has 1 aliphatic heterocycles. The molecule has 122 valence electrons. The van der Waals surface area contributed by atoms with Crippen molar-refractivity contribution < 1.29 is 22.7 Å². The van der Waals surface area contributed by atoms with Gasteiger partial charge in [-0.3, -0.25) is 4.79 Å². The van der Waals surface area contributed by atoms with E-state index in [9.17, 15) is 18.0 Å². The molecule has 0 N–H and O–H groups in total. The minimum atomic E-state index is -4.40. The molecule has 0 saturated carbocycles. The fraction of sp³-hybridized carbons (Fsp3) is 0.571. The van der Waals surface area contributed by atoms with Crippen LogP contribution in [-0.4, -0.2) is 46.8 Å². The van der Waals surface area contributed by atoms with E-state index < -0.39 is 11.7 Å². The lowest BCUT2D eigenvalue weighted by molar-refractivity contribution is -0.140. The van der Waals surface area contributed by atoms with Crippen LogP contribution in [0, 0.1) is 0 Å². The Hall–Kier alpha value is -1.28. The predicted molar refractivity (Wildman–Crippen MR) is 76.6 cm³/mol. The van der Waals surface area contributed by atoms with Gasteiger partial charge in [-0.15, -0.1) is 0 Å². The normalized spacial score (nSPS) is 22.7. The first-order valence-corrected chi connectivity index (χ1v) is 7.83. The summed E-state index contributed by atoms with van der Waals surface area (Å²) in [6.07, 6.45) is -3.62. The fourth-order valence-electron chi connectivity index (χ4n) is 2.10. The van der Waals surface area contributed by atoms with Gasteiger partial charge >= 0.3 is 6.18 Å². The average molecular weight is 334 g/mol. The van der Waals surface area contributed by atoms with Crippen molar-refractivity contribution in [2.75, 3.05) is 18.9 Å². The lowest BCUT2D eigenvalue weighted by Gasteiger charge is -2.36. The van der Waals surface area contributed by atoms with Gasteiger partial charge in [-0.05, 0) is 26.0 Å². The Morgan fingerprint density at radius 3 is 2.77 bits per heavy atom. The minimum absolute atomic E-state index is 0.00450. The van der Waals surface area contributed by atoms with Crippen molar-refractivity contribution in [3.05, 3.63) is 23.9 Å². The van der Waals surface area contributed by atoms with E-state index in [1.807, 2.05) is 13.8 Å². The van der Waals surface area contributed by atoms with Crippen LogP contribution >= 0.6 is 11.8 Å². The van der Waals surface area contributed by atoms with Gasteiger partial charge in [0, 0.05) is 12.7 Å². The Bertz CT molecular complexity index is 522. The third kappa shape index (κ3) is 4.36. The summed E-state index contributed by atoms with van der Waals surface area (Å²) in [7, 11) is 0. The number of rotatable bonds is 3. The maximum absolute atomic E-state index is 12.4. The van der Waals surface area contributed by atoms with Gasteiger partial charge in [-0.25, -0.2) is 4.98 Å². The van der Waals surface area contributed by atoms with Crippen molar-refractivity contribution in [3.8, 4) is 0 Å². The van der Waals surface area contributed by atoms with Crippen LogP contribution in [0.2, 0.25) is 0 Å². The van der Waals surface area contributed by atoms with E-state index in [1.54, 1.807) is 4.90 Å². The summed E-state index contributed by atoms with van der Waals surface area (Å²) < 4.78 is 42.8. The molecule has 0 radical (unpaired) electrons. The smallest absolute Gasteiger partial charge is 0.375 e. The second-order valence-corrected chi connectivity index (χ2v) is 6.21. The number of thioether (sulfide) groups is 1. The topological polar surface area (TPSA) is 42.4 Å². The van der Waals surface area contributed by atoms with Gasteiger partial charge in [0.1, 0.15) is 0 Å². The fourth-order valence-corrected chi connectivity index (χ4v) is 2.83. The summed E-state index contributed by atoms with van der Waals surface area (Å²) in [4.78, 5) is 17.7. The van der Waals surface area contributed by atoms with Crippen molar-refractivity contribution in [2.45, 2.75) is 37.2 Å². The standard InChI is InChI=1S/C14H17F3N2O2S/c1-9-7-21-10(2)6-19(9)13(20)8-22-12-4-3-11(5-18-12)14(15,16)17/h3-5,9-10H,6-8H2,1-2H3. The summed E-state index contributed by atoms with van der Waals surface area (Å²) in [6, 6.07) is 2.26. The summed E-state index contributed by atoms with van der Waals surface area (Å²) in [6.45, 7) is 4.83. The Labute approximate surface area is 131 Å². The number of pyridine rings is 1. The van der Waals surface area contributed by atoms with Gasteiger partial charge in [-0.2, -0.15) is 13.2 Å². The molecule has 1 aromatic rings. The summed E-state index contributed by atoms with van der Waals surface area (Å²) >= 11 is 1.13. The van der Waals surface area contributed by atoms with Crippen LogP contribution in [0.3, 0.4) is 0 Å². The van der Waals surface area contributed by atoms with E-state index in [1.165, 1.54) is 6.07 Å². The van der Waals surface area contributed by atoms with Crippen molar-refractivity contribution in [1.29, 1.82) is 0 Å². The van der Waals surface area contributed by atoms with Crippen LogP contribution in [0.1, 0.15) is 19.4 Å². The number of halogens is 3. The molecule has 2 atom stereocenters. The number of carbonyl (C=O) groups is 1. The molecule has 1 amide bonds. The van der Waals surface area contributed by atoms with E-state index >= 15 is 0 Å². The molecule has 8 heteroatoms. The molecule has 0 spiro atoms. The lowest BCUT2D eigenvalue weighted by atomic mass is 10.2. The zero-order valence-electron chi connectivity index (χ0n) is 12.3. The van der Waals surface area contributed by atoms with Crippen LogP contribution in [0.4, 0.5) is 13.2 Å². The van der Waals surface area contributed by atoms with Gasteiger partial charge in [-0.1, -0.05) is 11.8 Å². The Balaban J connectivity index is 1.91. The number of hydrogen-bond acceptors (Lipinski definition) is 4. The van der Waals surface area contributed by atoms with Gasteiger partial charge in [0.2, 0.25) is 5.91 Å². The van der Waals surface area contributed by atoms with Crippen LogP contribution < -0.4 is 0 Å². The molecule has 1 saturated heterocycles. The number of alkyl halides is 3. The summed E-state index contributed by atoms with van der Waals surface area (Å²) in [5.74, 6) is 0.0874. The molecular formula is C14H17F3N2O2S. The van der Waals surface area contributed by atoms with Crippen molar-refractivity contribution in [1.82, 2.24) is 9.88 Å². The largest absolute Gasteiger partial charge is 0.417 e. The zero-order valence-corrected chi connectivity index (χ0v) is 13.1. The second kappa shape index (κ2) is 6.87. The van der Waals surface area contributed by atoms with Crippen LogP contribution in [0.5, 0.6) is 0 Å². The number of carbonyl (C=O) groups excluding carboxylic acids is 1. The second-order valence-electron chi connectivity index (χ2n) is 5.21. The van der Waals surface area contributed by atoms with E-state index in [-0.39, 0.29) is 23.8 Å². The zero-order chi connectivity index (χ0) is 16.3. The number of nitrogens with zero attached hydrogens (tertiary/aromatic N) is 2. The highest BCUT2D eigenvalue weighted by Crippen LogP contribution is 2.29. The SMILES string of the molecule is CC1CN(C(=O)CSc2ccc(C(F)(F)F)cn2)C(C)CO1. The van der Waals surface area contributed by atoms with Gasteiger partial charge in [0.05, 0.1) is 35.1 Å². The highest BCUT2D eigenvalue weighted by molar-refractivity contribution is 7.99. The predicted octanol–water partition coefficient (Wildman–Crippen LogP) is 2.83. The molecule has 0 bridgehead atoms. The number of ether oxygens (including phenoxy) is 1. The first-order chi connectivity index (χ1) is 10.3. The maximum Gasteiger partial charge on any atom is 0.417 e. The molecule has 1 aromatic heterocycles. The Kier molecular flexibility index (Phi) is 5.33. The van der Waals surface area contributed by atoms with Crippen LogP contribution in [-0.2, 0) is 15.7 Å². The quantitative estimate of drug-likeness (QED) is 0.797. The molecule has 1 aliphatic rings. The van der Waals surface area contributed by atoms with Crippen LogP contribution in [0.25, 0.3) is 0 Å². The highest BCUT2D eigenvalue weighted by Gasteiger charge is 2.31. The first kappa shape index (κ1) is 17.1. The molecule has 2 heterocycles. The number of aromatic nitrogens is 1. The van der Waals surface area contributed by atoms with E-state index in [0.717, 1.165) is 24.0 Å². The van der Waals surface area contributed by atoms with Crippen LogP contribution in [0.15, 0.2) is 23.4 Å². The van der Waals surface area contributed by atoms with E-state index in [0.29, 0.717) is 18.2 Å². The van der Waals surface area contributed by atoms with Crippen molar-refractivity contribution >= 4 is 17.7 Å². The van der Waals surface area contributed by atoms with E-state index in [4.69, 9.17) is 4.74 Å². The molecule has 2 rings (SSSR count). The first-order valence-electron chi connectivity index (χ1n) is 6.84. The van der Waals surface area contributed by atoms with Crippen molar-refractivity contribution in [3.63, 3.8) is 0 Å². The molecule has 4 nitrogen and oxygen atoms in total. The Morgan fingerprint density at radius 2 is 2.18 bits per heavy atom. The molecule has 0 aromatic carbocycles. The summed E-state index contributed by atoms with van der Waals surface area (Å²) in [5, 5.41) is 0.398.